The first-order valence-corrected chi connectivity index (χ1v) is 11.4. The molecule has 0 N–H and O–H groups in total. The fourth-order valence-electron chi connectivity index (χ4n) is 5.39. The average Bonchev–Trinajstić information content (AvgIpc) is 3.41. The summed E-state index contributed by atoms with van der Waals surface area (Å²) in [7, 11) is 0. The van der Waals surface area contributed by atoms with Crippen molar-refractivity contribution in [1.82, 2.24) is 14.0 Å². The number of carbonyl (C=O) groups excluding carboxylic acids is 1. The first kappa shape index (κ1) is 19.9. The van der Waals surface area contributed by atoms with Gasteiger partial charge in [-0.3, -0.25) is 13.9 Å². The summed E-state index contributed by atoms with van der Waals surface area (Å²) in [5.41, 5.74) is 4.07. The Kier molecular flexibility index (Phi) is 5.26. The van der Waals surface area contributed by atoms with Crippen LogP contribution in [0.15, 0.2) is 66.0 Å². The third-order valence-corrected chi connectivity index (χ3v) is 7.02. The van der Waals surface area contributed by atoms with E-state index in [2.05, 4.69) is 30.8 Å². The topological polar surface area (TPSA) is 47.2 Å². The Morgan fingerprint density at radius 1 is 0.935 bits per heavy atom. The van der Waals surface area contributed by atoms with Crippen molar-refractivity contribution >= 4 is 16.9 Å². The van der Waals surface area contributed by atoms with Crippen LogP contribution in [0, 0.1) is 0 Å². The number of hydrogen-bond donors (Lipinski definition) is 0. The minimum Gasteiger partial charge on any atom is -0.337 e. The summed E-state index contributed by atoms with van der Waals surface area (Å²) in [6, 6.07) is 16.5. The molecule has 0 bridgehead atoms. The number of benzene rings is 2. The van der Waals surface area contributed by atoms with Crippen molar-refractivity contribution in [2.24, 2.45) is 0 Å². The van der Waals surface area contributed by atoms with Gasteiger partial charge >= 0.3 is 5.69 Å². The smallest absolute Gasteiger partial charge is 0.334 e. The van der Waals surface area contributed by atoms with Gasteiger partial charge < -0.3 is 4.90 Å². The van der Waals surface area contributed by atoms with E-state index >= 15 is 0 Å². The number of fused-ring (bicyclic) bond motifs is 1. The Balaban J connectivity index is 1.53. The van der Waals surface area contributed by atoms with Crippen LogP contribution in [-0.4, -0.2) is 33.0 Å². The van der Waals surface area contributed by atoms with Crippen LogP contribution in [0.3, 0.4) is 0 Å². The maximum absolute atomic E-state index is 13.6. The van der Waals surface area contributed by atoms with Crippen LogP contribution in [0.25, 0.3) is 16.7 Å². The molecule has 1 saturated heterocycles. The van der Waals surface area contributed by atoms with E-state index in [0.29, 0.717) is 19.0 Å². The highest BCUT2D eigenvalue weighted by Crippen LogP contribution is 2.33. The summed E-state index contributed by atoms with van der Waals surface area (Å²) in [6.07, 6.45) is 8.62. The summed E-state index contributed by atoms with van der Waals surface area (Å²) in [5, 5.41) is 0. The molecular formula is C26H29N3O2. The maximum Gasteiger partial charge on any atom is 0.334 e. The zero-order chi connectivity index (χ0) is 21.4. The highest BCUT2D eigenvalue weighted by Gasteiger charge is 2.29. The molecule has 2 aliphatic rings. The van der Waals surface area contributed by atoms with Crippen LogP contribution in [0.1, 0.15) is 56.0 Å². The largest absolute Gasteiger partial charge is 0.337 e. The Labute approximate surface area is 182 Å². The van der Waals surface area contributed by atoms with Crippen LogP contribution in [-0.2, 0) is 4.79 Å². The van der Waals surface area contributed by atoms with Gasteiger partial charge in [0.1, 0.15) is 0 Å². The Bertz CT molecular complexity index is 1170. The number of carbonyl (C=O) groups is 1. The molecule has 2 aromatic carbocycles. The van der Waals surface area contributed by atoms with Crippen LogP contribution in [0.2, 0.25) is 0 Å². The fourth-order valence-corrected chi connectivity index (χ4v) is 5.39. The number of para-hydroxylation sites is 2. The van der Waals surface area contributed by atoms with Gasteiger partial charge in [-0.15, -0.1) is 0 Å². The standard InChI is InChI=1S/C26H29N3O2/c1-2-25(30)27-17-16-22(18-27)29-24-11-7-6-10-23(24)28(26(29)31)21-14-12-20(13-15-21)19-8-4-3-5-9-19/h2,6-7,10-15,19,22H,1,3-5,8-9,16-18H2. The number of hydrogen-bond acceptors (Lipinski definition) is 2. The van der Waals surface area contributed by atoms with Crippen LogP contribution >= 0.6 is 0 Å². The first-order valence-electron chi connectivity index (χ1n) is 11.4. The lowest BCUT2D eigenvalue weighted by Gasteiger charge is -2.22. The van der Waals surface area contributed by atoms with Gasteiger partial charge in [-0.2, -0.15) is 0 Å². The molecule has 1 atom stereocenters. The third-order valence-electron chi connectivity index (χ3n) is 7.02. The molecule has 5 heteroatoms. The molecule has 0 spiro atoms. The number of amides is 1. The number of imidazole rings is 1. The predicted molar refractivity (Wildman–Crippen MR) is 124 cm³/mol. The zero-order valence-corrected chi connectivity index (χ0v) is 17.9. The molecule has 3 aromatic rings. The molecule has 1 saturated carbocycles. The molecule has 1 amide bonds. The molecule has 2 heterocycles. The fraction of sp³-hybridized carbons (Fsp3) is 0.385. The van der Waals surface area contributed by atoms with Crippen molar-refractivity contribution in [3.8, 4) is 5.69 Å². The normalized spacial score (nSPS) is 19.7. The average molecular weight is 416 g/mol. The van der Waals surface area contributed by atoms with Crippen molar-refractivity contribution in [2.75, 3.05) is 13.1 Å². The van der Waals surface area contributed by atoms with Crippen LogP contribution in [0.5, 0.6) is 0 Å². The number of nitrogens with zero attached hydrogens (tertiary/aromatic N) is 3. The molecule has 31 heavy (non-hydrogen) atoms. The third kappa shape index (κ3) is 3.52. The lowest BCUT2D eigenvalue weighted by molar-refractivity contribution is -0.125. The monoisotopic (exact) mass is 415 g/mol. The molecule has 0 radical (unpaired) electrons. The van der Waals surface area contributed by atoms with Gasteiger partial charge in [0.2, 0.25) is 5.91 Å². The molecule has 1 aromatic heterocycles. The van der Waals surface area contributed by atoms with Gasteiger partial charge in [0.25, 0.3) is 0 Å². The molecule has 5 rings (SSSR count). The van der Waals surface area contributed by atoms with Gasteiger partial charge in [-0.05, 0) is 61.1 Å². The first-order chi connectivity index (χ1) is 15.2. The highest BCUT2D eigenvalue weighted by atomic mass is 16.2. The van der Waals surface area contributed by atoms with Crippen molar-refractivity contribution in [1.29, 1.82) is 0 Å². The minimum atomic E-state index is -0.0717. The molecular weight excluding hydrogens is 386 g/mol. The number of rotatable bonds is 4. The van der Waals surface area contributed by atoms with E-state index in [1.807, 2.05) is 33.4 Å². The summed E-state index contributed by atoms with van der Waals surface area (Å²) < 4.78 is 3.69. The molecule has 1 aliphatic carbocycles. The van der Waals surface area contributed by atoms with Gasteiger partial charge in [0, 0.05) is 13.1 Å². The molecule has 1 aliphatic heterocycles. The van der Waals surface area contributed by atoms with Gasteiger partial charge in [-0.1, -0.05) is 50.1 Å². The van der Waals surface area contributed by atoms with E-state index < -0.39 is 0 Å². The van der Waals surface area contributed by atoms with E-state index in [0.717, 1.165) is 23.1 Å². The summed E-state index contributed by atoms with van der Waals surface area (Å²) >= 11 is 0. The quantitative estimate of drug-likeness (QED) is 0.575. The molecule has 2 fully saturated rings. The van der Waals surface area contributed by atoms with E-state index in [4.69, 9.17) is 0 Å². The maximum atomic E-state index is 13.6. The SMILES string of the molecule is C=CC(=O)N1CCC(n2c(=O)n(-c3ccc(C4CCCCC4)cc3)c3ccccc32)C1. The van der Waals surface area contributed by atoms with Crippen LogP contribution in [0.4, 0.5) is 0 Å². The van der Waals surface area contributed by atoms with Crippen molar-refractivity contribution < 1.29 is 4.79 Å². The van der Waals surface area contributed by atoms with Crippen LogP contribution < -0.4 is 5.69 Å². The summed E-state index contributed by atoms with van der Waals surface area (Å²) in [6.45, 7) is 4.78. The predicted octanol–water partition coefficient (Wildman–Crippen LogP) is 4.80. The minimum absolute atomic E-state index is 0.0240. The van der Waals surface area contributed by atoms with Gasteiger partial charge in [0.05, 0.1) is 22.8 Å². The second-order valence-electron chi connectivity index (χ2n) is 8.83. The van der Waals surface area contributed by atoms with Crippen molar-refractivity contribution in [2.45, 2.75) is 50.5 Å². The van der Waals surface area contributed by atoms with Crippen molar-refractivity contribution in [3.63, 3.8) is 0 Å². The van der Waals surface area contributed by atoms with E-state index in [-0.39, 0.29) is 17.6 Å². The van der Waals surface area contributed by atoms with E-state index in [1.165, 1.54) is 43.7 Å². The summed E-state index contributed by atoms with van der Waals surface area (Å²) in [5.74, 6) is 0.574. The number of aromatic nitrogens is 2. The van der Waals surface area contributed by atoms with Gasteiger partial charge in [-0.25, -0.2) is 4.79 Å². The zero-order valence-electron chi connectivity index (χ0n) is 17.9. The van der Waals surface area contributed by atoms with E-state index in [1.54, 1.807) is 4.90 Å². The van der Waals surface area contributed by atoms with Crippen molar-refractivity contribution in [3.05, 3.63) is 77.2 Å². The highest BCUT2D eigenvalue weighted by molar-refractivity contribution is 5.87. The lowest BCUT2D eigenvalue weighted by atomic mass is 9.84. The second kappa shape index (κ2) is 8.22. The summed E-state index contributed by atoms with van der Waals surface area (Å²) in [4.78, 5) is 27.4. The lowest BCUT2D eigenvalue weighted by Crippen LogP contribution is -2.31. The Morgan fingerprint density at radius 2 is 1.65 bits per heavy atom. The number of likely N-dealkylation sites (tertiary alicyclic amines) is 1. The second-order valence-corrected chi connectivity index (χ2v) is 8.83. The Morgan fingerprint density at radius 3 is 2.35 bits per heavy atom. The molecule has 1 unspecified atom stereocenters. The van der Waals surface area contributed by atoms with E-state index in [9.17, 15) is 9.59 Å². The molecule has 5 nitrogen and oxygen atoms in total. The molecule has 160 valence electrons. The van der Waals surface area contributed by atoms with Gasteiger partial charge in [0.15, 0.2) is 0 Å². The Hall–Kier alpha value is -3.08.